The maximum atomic E-state index is 13.6. The Hall–Kier alpha value is -4.01. The summed E-state index contributed by atoms with van der Waals surface area (Å²) in [4.78, 5) is 36.3. The largest absolute Gasteiger partial charge is 0.452 e. The molecule has 0 bridgehead atoms. The fraction of sp³-hybridized carbons (Fsp3) is 0.182. The van der Waals surface area contributed by atoms with Gasteiger partial charge in [-0.15, -0.1) is 0 Å². The molecule has 0 radical (unpaired) electrons. The quantitative estimate of drug-likeness (QED) is 0.467. The van der Waals surface area contributed by atoms with E-state index in [0.29, 0.717) is 17.9 Å². The number of nitrogens with zero attached hydrogens (tertiary/aromatic N) is 2. The van der Waals surface area contributed by atoms with Crippen LogP contribution in [0, 0.1) is 19.7 Å². The highest BCUT2D eigenvalue weighted by Crippen LogP contribution is 2.16. The molecule has 0 aliphatic heterocycles. The lowest BCUT2D eigenvalue weighted by Crippen LogP contribution is -2.43. The molecule has 31 heavy (non-hydrogen) atoms. The third-order valence-electron chi connectivity index (χ3n) is 4.53. The van der Waals surface area contributed by atoms with Crippen molar-refractivity contribution in [3.63, 3.8) is 0 Å². The van der Waals surface area contributed by atoms with E-state index in [1.165, 1.54) is 18.2 Å². The van der Waals surface area contributed by atoms with Gasteiger partial charge in [-0.25, -0.2) is 9.18 Å². The van der Waals surface area contributed by atoms with Crippen LogP contribution in [-0.2, 0) is 16.1 Å². The SMILES string of the molecule is Cc1nn(Cc2ccccc2)c(C)c1C(=O)OCC(=O)NNC(=O)c1ccccc1F. The number of halogens is 1. The van der Waals surface area contributed by atoms with Gasteiger partial charge in [-0.3, -0.25) is 25.1 Å². The number of carbonyl (C=O) groups excluding carboxylic acids is 3. The van der Waals surface area contributed by atoms with Gasteiger partial charge in [0.1, 0.15) is 11.4 Å². The summed E-state index contributed by atoms with van der Waals surface area (Å²) in [6.45, 7) is 3.29. The average molecular weight is 424 g/mol. The van der Waals surface area contributed by atoms with E-state index in [0.717, 1.165) is 11.6 Å². The molecule has 160 valence electrons. The Labute approximate surface area is 178 Å². The zero-order valence-electron chi connectivity index (χ0n) is 17.0. The zero-order chi connectivity index (χ0) is 22.4. The molecular weight excluding hydrogens is 403 g/mol. The number of rotatable bonds is 6. The normalized spacial score (nSPS) is 10.4. The van der Waals surface area contributed by atoms with E-state index in [1.807, 2.05) is 30.3 Å². The Morgan fingerprint density at radius 3 is 2.39 bits per heavy atom. The Morgan fingerprint density at radius 1 is 1.00 bits per heavy atom. The van der Waals surface area contributed by atoms with E-state index in [-0.39, 0.29) is 11.1 Å². The lowest BCUT2D eigenvalue weighted by molar-refractivity contribution is -0.125. The number of aryl methyl sites for hydroxylation is 1. The summed E-state index contributed by atoms with van der Waals surface area (Å²) in [5, 5.41) is 4.38. The lowest BCUT2D eigenvalue weighted by Gasteiger charge is -2.09. The summed E-state index contributed by atoms with van der Waals surface area (Å²) < 4.78 is 20.3. The summed E-state index contributed by atoms with van der Waals surface area (Å²) >= 11 is 0. The fourth-order valence-electron chi connectivity index (χ4n) is 2.98. The van der Waals surface area contributed by atoms with Crippen LogP contribution in [0.1, 0.15) is 37.7 Å². The molecule has 1 aromatic heterocycles. The minimum absolute atomic E-state index is 0.225. The minimum atomic E-state index is -0.827. The molecule has 0 saturated carbocycles. The Morgan fingerprint density at radius 2 is 1.68 bits per heavy atom. The van der Waals surface area contributed by atoms with Crippen molar-refractivity contribution in [1.82, 2.24) is 20.6 Å². The van der Waals surface area contributed by atoms with Gasteiger partial charge in [0, 0.05) is 0 Å². The predicted octanol–water partition coefficient (Wildman–Crippen LogP) is 2.31. The summed E-state index contributed by atoms with van der Waals surface area (Å²) in [5.74, 6) is -3.03. The molecule has 2 N–H and O–H groups in total. The standard InChI is InChI=1S/C22H21FN4O4/c1-14-20(15(2)27(26-14)12-16-8-4-3-5-9-16)22(30)31-13-19(28)24-25-21(29)17-10-6-7-11-18(17)23/h3-11H,12-13H2,1-2H3,(H,24,28)(H,25,29). The van der Waals surface area contributed by atoms with Crippen LogP contribution < -0.4 is 10.9 Å². The Bertz CT molecular complexity index is 1110. The number of hydrogen-bond acceptors (Lipinski definition) is 5. The summed E-state index contributed by atoms with van der Waals surface area (Å²) in [5.41, 5.74) is 6.32. The molecule has 2 amide bonds. The number of ether oxygens (including phenoxy) is 1. The number of nitrogens with one attached hydrogen (secondary N) is 2. The first-order valence-electron chi connectivity index (χ1n) is 9.45. The lowest BCUT2D eigenvalue weighted by atomic mass is 10.2. The van der Waals surface area contributed by atoms with Gasteiger partial charge in [-0.05, 0) is 31.5 Å². The van der Waals surface area contributed by atoms with Gasteiger partial charge in [-0.1, -0.05) is 42.5 Å². The smallest absolute Gasteiger partial charge is 0.342 e. The number of aromatic nitrogens is 2. The molecular formula is C22H21FN4O4. The molecule has 3 rings (SSSR count). The third-order valence-corrected chi connectivity index (χ3v) is 4.53. The van der Waals surface area contributed by atoms with Crippen molar-refractivity contribution in [2.75, 3.05) is 6.61 Å². The van der Waals surface area contributed by atoms with Crippen LogP contribution in [0.15, 0.2) is 54.6 Å². The van der Waals surface area contributed by atoms with Crippen molar-refractivity contribution in [3.05, 3.63) is 88.5 Å². The van der Waals surface area contributed by atoms with Crippen molar-refractivity contribution in [3.8, 4) is 0 Å². The van der Waals surface area contributed by atoms with Crippen LogP contribution in [-0.4, -0.2) is 34.2 Å². The molecule has 0 fully saturated rings. The van der Waals surface area contributed by atoms with Crippen molar-refractivity contribution in [1.29, 1.82) is 0 Å². The molecule has 0 unspecified atom stereocenters. The van der Waals surface area contributed by atoms with E-state index in [4.69, 9.17) is 4.74 Å². The van der Waals surface area contributed by atoms with E-state index < -0.39 is 30.2 Å². The molecule has 0 atom stereocenters. The van der Waals surface area contributed by atoms with Crippen molar-refractivity contribution in [2.45, 2.75) is 20.4 Å². The third kappa shape index (κ3) is 5.33. The average Bonchev–Trinajstić information content (AvgIpc) is 3.04. The minimum Gasteiger partial charge on any atom is -0.452 e. The zero-order valence-corrected chi connectivity index (χ0v) is 17.0. The summed E-state index contributed by atoms with van der Waals surface area (Å²) in [7, 11) is 0. The summed E-state index contributed by atoms with van der Waals surface area (Å²) in [6.07, 6.45) is 0. The molecule has 1 heterocycles. The number of carbonyl (C=O) groups is 3. The molecule has 9 heteroatoms. The molecule has 0 aliphatic rings. The first-order chi connectivity index (χ1) is 14.9. The van der Waals surface area contributed by atoms with Gasteiger partial charge in [0.15, 0.2) is 6.61 Å². The van der Waals surface area contributed by atoms with Gasteiger partial charge < -0.3 is 4.74 Å². The van der Waals surface area contributed by atoms with Crippen LogP contribution in [0.3, 0.4) is 0 Å². The highest BCUT2D eigenvalue weighted by molar-refractivity contribution is 5.96. The molecule has 0 spiro atoms. The van der Waals surface area contributed by atoms with E-state index in [9.17, 15) is 18.8 Å². The van der Waals surface area contributed by atoms with Gasteiger partial charge in [0.25, 0.3) is 11.8 Å². The van der Waals surface area contributed by atoms with E-state index >= 15 is 0 Å². The highest BCUT2D eigenvalue weighted by Gasteiger charge is 2.21. The molecule has 3 aromatic rings. The van der Waals surface area contributed by atoms with E-state index in [2.05, 4.69) is 16.0 Å². The van der Waals surface area contributed by atoms with Gasteiger partial charge in [0.2, 0.25) is 0 Å². The van der Waals surface area contributed by atoms with Crippen LogP contribution in [0.4, 0.5) is 4.39 Å². The second-order valence-corrected chi connectivity index (χ2v) is 6.75. The Balaban J connectivity index is 1.55. The number of benzene rings is 2. The van der Waals surface area contributed by atoms with Crippen molar-refractivity contribution in [2.24, 2.45) is 0 Å². The number of amides is 2. The van der Waals surface area contributed by atoms with Crippen LogP contribution in [0.2, 0.25) is 0 Å². The molecule has 8 nitrogen and oxygen atoms in total. The van der Waals surface area contributed by atoms with Crippen molar-refractivity contribution < 1.29 is 23.5 Å². The topological polar surface area (TPSA) is 102 Å². The molecule has 0 aliphatic carbocycles. The highest BCUT2D eigenvalue weighted by atomic mass is 19.1. The van der Waals surface area contributed by atoms with Crippen LogP contribution >= 0.6 is 0 Å². The first-order valence-corrected chi connectivity index (χ1v) is 9.45. The second-order valence-electron chi connectivity index (χ2n) is 6.75. The number of esters is 1. The monoisotopic (exact) mass is 424 g/mol. The maximum absolute atomic E-state index is 13.6. The van der Waals surface area contributed by atoms with Crippen LogP contribution in [0.25, 0.3) is 0 Å². The van der Waals surface area contributed by atoms with Crippen LogP contribution in [0.5, 0.6) is 0 Å². The van der Waals surface area contributed by atoms with E-state index in [1.54, 1.807) is 18.5 Å². The second kappa shape index (κ2) is 9.66. The fourth-order valence-corrected chi connectivity index (χ4v) is 2.98. The molecule has 2 aromatic carbocycles. The van der Waals surface area contributed by atoms with Gasteiger partial charge >= 0.3 is 5.97 Å². The molecule has 0 saturated heterocycles. The Kier molecular flexibility index (Phi) is 6.76. The van der Waals surface area contributed by atoms with Crippen molar-refractivity contribution >= 4 is 17.8 Å². The van der Waals surface area contributed by atoms with Gasteiger partial charge in [0.05, 0.1) is 23.5 Å². The number of hydrogen-bond donors (Lipinski definition) is 2. The van der Waals surface area contributed by atoms with Gasteiger partial charge in [-0.2, -0.15) is 5.10 Å². The predicted molar refractivity (Wildman–Crippen MR) is 110 cm³/mol. The maximum Gasteiger partial charge on any atom is 0.342 e. The first kappa shape index (κ1) is 21.7. The number of hydrazine groups is 1. The summed E-state index contributed by atoms with van der Waals surface area (Å²) in [6, 6.07) is 15.0.